The molecule has 0 unspecified atom stereocenters. The number of halogens is 1. The van der Waals surface area contributed by atoms with Crippen LogP contribution in [0.5, 0.6) is 5.75 Å². The smallest absolute Gasteiger partial charge is 0.254 e. The van der Waals surface area contributed by atoms with Gasteiger partial charge in [-0.05, 0) is 48.5 Å². The van der Waals surface area contributed by atoms with Crippen LogP contribution in [0.1, 0.15) is 16.8 Å². The van der Waals surface area contributed by atoms with E-state index in [0.717, 1.165) is 0 Å². The predicted molar refractivity (Wildman–Crippen MR) is 100 cm³/mol. The summed E-state index contributed by atoms with van der Waals surface area (Å²) in [6, 6.07) is 10.9. The number of hydrogen-bond donors (Lipinski definition) is 2. The third kappa shape index (κ3) is 4.46. The first kappa shape index (κ1) is 19.3. The molecule has 1 aliphatic heterocycles. The number of hydrogen-bond acceptors (Lipinski definition) is 4. The predicted octanol–water partition coefficient (Wildman–Crippen LogP) is 1.80. The van der Waals surface area contributed by atoms with Crippen LogP contribution in [-0.4, -0.2) is 48.9 Å². The van der Waals surface area contributed by atoms with Crippen molar-refractivity contribution in [3.63, 3.8) is 0 Å². The summed E-state index contributed by atoms with van der Waals surface area (Å²) in [5, 5.41) is 5.29. The molecular weight excluding hydrogens is 365 g/mol. The van der Waals surface area contributed by atoms with Gasteiger partial charge < -0.3 is 20.3 Å². The molecule has 3 amide bonds. The van der Waals surface area contributed by atoms with Crippen molar-refractivity contribution in [2.24, 2.45) is 0 Å². The molecule has 0 aromatic heterocycles. The Kier molecular flexibility index (Phi) is 5.88. The molecule has 1 fully saturated rings. The van der Waals surface area contributed by atoms with Crippen LogP contribution in [0, 0.1) is 5.82 Å². The number of nitrogens with zero attached hydrogens (tertiary/aromatic N) is 1. The van der Waals surface area contributed by atoms with E-state index in [0.29, 0.717) is 30.1 Å². The van der Waals surface area contributed by atoms with E-state index < -0.39 is 17.8 Å². The number of benzene rings is 2. The number of carbonyl (C=O) groups excluding carboxylic acids is 3. The molecule has 1 saturated heterocycles. The van der Waals surface area contributed by atoms with Crippen molar-refractivity contribution in [3.05, 3.63) is 59.9 Å². The van der Waals surface area contributed by atoms with Crippen LogP contribution in [0.3, 0.4) is 0 Å². The molecule has 28 heavy (non-hydrogen) atoms. The van der Waals surface area contributed by atoms with Crippen LogP contribution < -0.4 is 15.4 Å². The van der Waals surface area contributed by atoms with E-state index in [4.69, 9.17) is 4.74 Å². The van der Waals surface area contributed by atoms with E-state index >= 15 is 0 Å². The van der Waals surface area contributed by atoms with Crippen molar-refractivity contribution in [1.29, 1.82) is 0 Å². The molecule has 0 radical (unpaired) electrons. The first-order chi connectivity index (χ1) is 13.5. The number of ether oxygens (including phenoxy) is 1. The van der Waals surface area contributed by atoms with Gasteiger partial charge in [0.25, 0.3) is 5.91 Å². The molecule has 0 bridgehead atoms. The molecule has 146 valence electrons. The molecule has 3 rings (SSSR count). The average Bonchev–Trinajstić information content (AvgIpc) is 2.71. The Morgan fingerprint density at radius 1 is 1.18 bits per heavy atom. The summed E-state index contributed by atoms with van der Waals surface area (Å²) < 4.78 is 18.1. The van der Waals surface area contributed by atoms with E-state index in [1.54, 1.807) is 24.3 Å². The lowest BCUT2D eigenvalue weighted by atomic mass is 10.1. The minimum absolute atomic E-state index is 0.203. The molecule has 8 heteroatoms. The highest BCUT2D eigenvalue weighted by Crippen LogP contribution is 2.18. The van der Waals surface area contributed by atoms with Gasteiger partial charge in [-0.3, -0.25) is 14.4 Å². The molecular formula is C20H20FN3O4. The third-order valence-electron chi connectivity index (χ3n) is 4.44. The lowest BCUT2D eigenvalue weighted by Crippen LogP contribution is -2.58. The van der Waals surface area contributed by atoms with Gasteiger partial charge in [0.05, 0.1) is 13.5 Å². The van der Waals surface area contributed by atoms with Crippen molar-refractivity contribution < 1.29 is 23.5 Å². The quantitative estimate of drug-likeness (QED) is 0.822. The summed E-state index contributed by atoms with van der Waals surface area (Å²) in [5.41, 5.74) is 0.815. The minimum atomic E-state index is -0.927. The summed E-state index contributed by atoms with van der Waals surface area (Å²) in [7, 11) is 1.53. The highest BCUT2D eigenvalue weighted by molar-refractivity contribution is 6.01. The summed E-state index contributed by atoms with van der Waals surface area (Å²) in [4.78, 5) is 38.9. The van der Waals surface area contributed by atoms with Gasteiger partial charge >= 0.3 is 0 Å². The lowest BCUT2D eigenvalue weighted by molar-refractivity contribution is -0.131. The van der Waals surface area contributed by atoms with E-state index in [2.05, 4.69) is 10.6 Å². The number of piperazine rings is 1. The van der Waals surface area contributed by atoms with Crippen molar-refractivity contribution in [3.8, 4) is 5.75 Å². The lowest BCUT2D eigenvalue weighted by Gasteiger charge is -2.34. The SMILES string of the molecule is COc1ccc(C(=O)N2CCNC(=O)[C@H]2CC(=O)Nc2ccc(F)cc2)cc1. The maximum atomic E-state index is 13.0. The normalized spacial score (nSPS) is 16.3. The van der Waals surface area contributed by atoms with E-state index in [1.807, 2.05) is 0 Å². The van der Waals surface area contributed by atoms with Gasteiger partial charge in [0.15, 0.2) is 0 Å². The highest BCUT2D eigenvalue weighted by Gasteiger charge is 2.35. The van der Waals surface area contributed by atoms with Crippen LogP contribution in [0.15, 0.2) is 48.5 Å². The standard InChI is InChI=1S/C20H20FN3O4/c1-28-16-8-2-13(3-9-16)20(27)24-11-10-22-19(26)17(24)12-18(25)23-15-6-4-14(21)5-7-15/h2-9,17H,10-12H2,1H3,(H,22,26)(H,23,25)/t17-/m1/s1. The number of rotatable bonds is 5. The first-order valence-electron chi connectivity index (χ1n) is 8.76. The third-order valence-corrected chi connectivity index (χ3v) is 4.44. The summed E-state index contributed by atoms with van der Waals surface area (Å²) in [5.74, 6) is -0.968. The Hall–Kier alpha value is -3.42. The Morgan fingerprint density at radius 2 is 1.86 bits per heavy atom. The highest BCUT2D eigenvalue weighted by atomic mass is 19.1. The molecule has 0 saturated carbocycles. The molecule has 1 aliphatic rings. The molecule has 7 nitrogen and oxygen atoms in total. The van der Waals surface area contributed by atoms with E-state index in [9.17, 15) is 18.8 Å². The molecule has 1 atom stereocenters. The van der Waals surface area contributed by atoms with Crippen LogP contribution in [0.25, 0.3) is 0 Å². The summed E-state index contributed by atoms with van der Waals surface area (Å²) in [6.45, 7) is 0.613. The van der Waals surface area contributed by atoms with Crippen LogP contribution in [0.4, 0.5) is 10.1 Å². The number of anilines is 1. The maximum Gasteiger partial charge on any atom is 0.254 e. The molecule has 0 spiro atoms. The molecule has 2 aromatic rings. The van der Waals surface area contributed by atoms with Gasteiger partial charge in [-0.1, -0.05) is 0 Å². The summed E-state index contributed by atoms with van der Waals surface area (Å²) >= 11 is 0. The molecule has 2 N–H and O–H groups in total. The zero-order chi connectivity index (χ0) is 20.1. The fourth-order valence-corrected chi connectivity index (χ4v) is 2.98. The van der Waals surface area contributed by atoms with Crippen molar-refractivity contribution in [2.45, 2.75) is 12.5 Å². The van der Waals surface area contributed by atoms with Gasteiger partial charge in [0.1, 0.15) is 17.6 Å². The largest absolute Gasteiger partial charge is 0.497 e. The van der Waals surface area contributed by atoms with Crippen LogP contribution >= 0.6 is 0 Å². The van der Waals surface area contributed by atoms with Gasteiger partial charge in [0, 0.05) is 24.3 Å². The zero-order valence-corrected chi connectivity index (χ0v) is 15.3. The number of methoxy groups -OCH3 is 1. The fraction of sp³-hybridized carbons (Fsp3) is 0.250. The number of nitrogens with one attached hydrogen (secondary N) is 2. The molecule has 0 aliphatic carbocycles. The Morgan fingerprint density at radius 3 is 2.50 bits per heavy atom. The second-order valence-electron chi connectivity index (χ2n) is 6.29. The number of carbonyl (C=O) groups is 3. The van der Waals surface area contributed by atoms with Crippen LogP contribution in [0.2, 0.25) is 0 Å². The van der Waals surface area contributed by atoms with Gasteiger partial charge in [-0.2, -0.15) is 0 Å². The second-order valence-corrected chi connectivity index (χ2v) is 6.29. The Labute approximate surface area is 161 Å². The van der Waals surface area contributed by atoms with Crippen molar-refractivity contribution >= 4 is 23.4 Å². The second kappa shape index (κ2) is 8.51. The first-order valence-corrected chi connectivity index (χ1v) is 8.76. The van der Waals surface area contributed by atoms with E-state index in [1.165, 1.54) is 36.3 Å². The zero-order valence-electron chi connectivity index (χ0n) is 15.3. The Balaban J connectivity index is 1.72. The summed E-state index contributed by atoms with van der Waals surface area (Å²) in [6.07, 6.45) is -0.203. The maximum absolute atomic E-state index is 13.0. The number of amides is 3. The molecule has 1 heterocycles. The Bertz CT molecular complexity index is 868. The average molecular weight is 385 g/mol. The monoisotopic (exact) mass is 385 g/mol. The van der Waals surface area contributed by atoms with Gasteiger partial charge in [-0.25, -0.2) is 4.39 Å². The topological polar surface area (TPSA) is 87.7 Å². The van der Waals surface area contributed by atoms with Crippen molar-refractivity contribution in [2.75, 3.05) is 25.5 Å². The van der Waals surface area contributed by atoms with Crippen molar-refractivity contribution in [1.82, 2.24) is 10.2 Å². The molecule has 2 aromatic carbocycles. The van der Waals surface area contributed by atoms with Crippen LogP contribution in [-0.2, 0) is 9.59 Å². The van der Waals surface area contributed by atoms with Gasteiger partial charge in [0.2, 0.25) is 11.8 Å². The minimum Gasteiger partial charge on any atom is -0.497 e. The van der Waals surface area contributed by atoms with E-state index in [-0.39, 0.29) is 18.2 Å². The van der Waals surface area contributed by atoms with Gasteiger partial charge in [-0.15, -0.1) is 0 Å². The fourth-order valence-electron chi connectivity index (χ4n) is 2.98.